The van der Waals surface area contributed by atoms with Crippen molar-refractivity contribution in [2.45, 2.75) is 38.8 Å². The van der Waals surface area contributed by atoms with Gasteiger partial charge in [-0.3, -0.25) is 4.79 Å². The predicted molar refractivity (Wildman–Crippen MR) is 107 cm³/mol. The fourth-order valence-corrected chi connectivity index (χ4v) is 4.10. The molecule has 27 heavy (non-hydrogen) atoms. The second-order valence-corrected chi connectivity index (χ2v) is 7.81. The molecule has 1 aliphatic rings. The molecule has 0 fully saturated rings. The van der Waals surface area contributed by atoms with Crippen LogP contribution in [0, 0.1) is 6.92 Å². The van der Waals surface area contributed by atoms with Gasteiger partial charge in [-0.2, -0.15) is 0 Å². The summed E-state index contributed by atoms with van der Waals surface area (Å²) in [4.78, 5) is 17.0. The number of hydrogen-bond donors (Lipinski definition) is 1. The van der Waals surface area contributed by atoms with Crippen molar-refractivity contribution in [1.29, 1.82) is 0 Å². The lowest BCUT2D eigenvalue weighted by Crippen LogP contribution is -2.28. The van der Waals surface area contributed by atoms with Crippen molar-refractivity contribution in [3.8, 4) is 5.75 Å². The zero-order chi connectivity index (χ0) is 18.6. The number of carbonyl (C=O) groups is 1. The number of benzene rings is 2. The second kappa shape index (κ2) is 7.92. The molecule has 0 spiro atoms. The number of thiazole rings is 1. The Morgan fingerprint density at radius 3 is 2.89 bits per heavy atom. The van der Waals surface area contributed by atoms with E-state index in [1.165, 1.54) is 28.0 Å². The van der Waals surface area contributed by atoms with E-state index in [9.17, 15) is 4.79 Å². The molecule has 0 saturated heterocycles. The highest BCUT2D eigenvalue weighted by Crippen LogP contribution is 2.30. The van der Waals surface area contributed by atoms with Crippen molar-refractivity contribution in [3.05, 3.63) is 81.3 Å². The van der Waals surface area contributed by atoms with Crippen LogP contribution in [0.4, 0.5) is 0 Å². The molecular weight excluding hydrogens is 356 g/mol. The summed E-state index contributed by atoms with van der Waals surface area (Å²) in [6.45, 7) is 2.47. The van der Waals surface area contributed by atoms with Gasteiger partial charge in [-0.15, -0.1) is 11.3 Å². The summed E-state index contributed by atoms with van der Waals surface area (Å²) in [5.41, 5.74) is 4.59. The third-order valence-electron chi connectivity index (χ3n) is 4.79. The number of nitrogens with zero attached hydrogens (tertiary/aromatic N) is 1. The minimum Gasteiger partial charge on any atom is -0.486 e. The standard InChI is InChI=1S/C22H22N2O2S/c1-15-6-9-18(10-7-15)26-13-22-23-17(14-27-22)12-21(25)24-20-11-8-16-4-2-3-5-19(16)20/h2-7,9-10,14,20H,8,11-13H2,1H3,(H,24,25). The summed E-state index contributed by atoms with van der Waals surface area (Å²) in [5.74, 6) is 0.850. The van der Waals surface area contributed by atoms with Crippen LogP contribution in [0.5, 0.6) is 5.75 Å². The van der Waals surface area contributed by atoms with Crippen molar-refractivity contribution >= 4 is 17.2 Å². The van der Waals surface area contributed by atoms with E-state index >= 15 is 0 Å². The van der Waals surface area contributed by atoms with E-state index in [-0.39, 0.29) is 11.9 Å². The third-order valence-corrected chi connectivity index (χ3v) is 5.66. The summed E-state index contributed by atoms with van der Waals surface area (Å²) in [5, 5.41) is 5.97. The molecule has 5 heteroatoms. The molecule has 1 unspecified atom stereocenters. The number of ether oxygens (including phenoxy) is 1. The summed E-state index contributed by atoms with van der Waals surface area (Å²) >= 11 is 1.53. The zero-order valence-corrected chi connectivity index (χ0v) is 16.1. The summed E-state index contributed by atoms with van der Waals surface area (Å²) in [6.07, 6.45) is 2.30. The first-order chi connectivity index (χ1) is 13.2. The number of hydrogen-bond acceptors (Lipinski definition) is 4. The molecule has 138 valence electrons. The number of carbonyl (C=O) groups excluding carboxylic acids is 1. The largest absolute Gasteiger partial charge is 0.486 e. The number of nitrogens with one attached hydrogen (secondary N) is 1. The minimum atomic E-state index is 0.0213. The first kappa shape index (κ1) is 17.7. The third kappa shape index (κ3) is 4.37. The van der Waals surface area contributed by atoms with Gasteiger partial charge in [0, 0.05) is 5.38 Å². The van der Waals surface area contributed by atoms with Crippen LogP contribution in [0.3, 0.4) is 0 Å². The van der Waals surface area contributed by atoms with Crippen LogP contribution in [0.2, 0.25) is 0 Å². The maximum atomic E-state index is 12.4. The van der Waals surface area contributed by atoms with Crippen LogP contribution >= 0.6 is 11.3 Å². The SMILES string of the molecule is Cc1ccc(OCc2nc(CC(=O)NC3CCc4ccccc43)cs2)cc1. The van der Waals surface area contributed by atoms with E-state index in [1.807, 2.05) is 42.6 Å². The van der Waals surface area contributed by atoms with Gasteiger partial charge < -0.3 is 10.1 Å². The van der Waals surface area contributed by atoms with Gasteiger partial charge in [-0.1, -0.05) is 42.0 Å². The van der Waals surface area contributed by atoms with Crippen molar-refractivity contribution in [2.75, 3.05) is 0 Å². The molecular formula is C22H22N2O2S. The molecule has 1 aromatic heterocycles. The Morgan fingerprint density at radius 1 is 1.22 bits per heavy atom. The average molecular weight is 378 g/mol. The number of rotatable bonds is 6. The molecule has 4 rings (SSSR count). The second-order valence-electron chi connectivity index (χ2n) is 6.87. The molecule has 0 aliphatic heterocycles. The van der Waals surface area contributed by atoms with E-state index in [0.29, 0.717) is 13.0 Å². The Bertz CT molecular complexity index is 933. The lowest BCUT2D eigenvalue weighted by molar-refractivity contribution is -0.121. The molecule has 1 amide bonds. The first-order valence-corrected chi connectivity index (χ1v) is 10.1. The van der Waals surface area contributed by atoms with E-state index in [0.717, 1.165) is 29.3 Å². The van der Waals surface area contributed by atoms with Crippen molar-refractivity contribution in [1.82, 2.24) is 10.3 Å². The highest BCUT2D eigenvalue weighted by Gasteiger charge is 2.23. The van der Waals surface area contributed by atoms with Crippen LogP contribution < -0.4 is 10.1 Å². The maximum Gasteiger partial charge on any atom is 0.226 e. The molecule has 2 aromatic carbocycles. The van der Waals surface area contributed by atoms with Crippen molar-refractivity contribution in [3.63, 3.8) is 0 Å². The fraction of sp³-hybridized carbons (Fsp3) is 0.273. The van der Waals surface area contributed by atoms with E-state index in [1.54, 1.807) is 0 Å². The first-order valence-electron chi connectivity index (χ1n) is 9.17. The Hall–Kier alpha value is -2.66. The van der Waals surface area contributed by atoms with Gasteiger partial charge in [0.25, 0.3) is 0 Å². The smallest absolute Gasteiger partial charge is 0.226 e. The van der Waals surface area contributed by atoms with Gasteiger partial charge in [0.1, 0.15) is 17.4 Å². The highest BCUT2D eigenvalue weighted by molar-refractivity contribution is 7.09. The monoisotopic (exact) mass is 378 g/mol. The Labute approximate surface area is 163 Å². The van der Waals surface area contributed by atoms with Crippen molar-refractivity contribution in [2.24, 2.45) is 0 Å². The molecule has 1 atom stereocenters. The average Bonchev–Trinajstić information content (AvgIpc) is 3.29. The highest BCUT2D eigenvalue weighted by atomic mass is 32.1. The molecule has 0 bridgehead atoms. The maximum absolute atomic E-state index is 12.4. The van der Waals surface area contributed by atoms with Gasteiger partial charge in [-0.05, 0) is 43.0 Å². The van der Waals surface area contributed by atoms with Gasteiger partial charge in [0.2, 0.25) is 5.91 Å². The van der Waals surface area contributed by atoms with Crippen LogP contribution in [0.1, 0.15) is 39.9 Å². The molecule has 0 saturated carbocycles. The van der Waals surface area contributed by atoms with Crippen LogP contribution in [-0.2, 0) is 24.2 Å². The molecule has 3 aromatic rings. The van der Waals surface area contributed by atoms with E-state index < -0.39 is 0 Å². The zero-order valence-electron chi connectivity index (χ0n) is 15.3. The quantitative estimate of drug-likeness (QED) is 0.693. The number of amides is 1. The minimum absolute atomic E-state index is 0.0213. The lowest BCUT2D eigenvalue weighted by Gasteiger charge is -2.13. The van der Waals surface area contributed by atoms with Gasteiger partial charge in [0.15, 0.2) is 0 Å². The Kier molecular flexibility index (Phi) is 5.21. The van der Waals surface area contributed by atoms with Crippen LogP contribution in [0.25, 0.3) is 0 Å². The van der Waals surface area contributed by atoms with E-state index in [4.69, 9.17) is 4.74 Å². The normalized spacial score (nSPS) is 15.4. The molecule has 0 radical (unpaired) electrons. The van der Waals surface area contributed by atoms with Crippen LogP contribution in [0.15, 0.2) is 53.9 Å². The van der Waals surface area contributed by atoms with Crippen molar-refractivity contribution < 1.29 is 9.53 Å². The lowest BCUT2D eigenvalue weighted by atomic mass is 10.1. The van der Waals surface area contributed by atoms with Gasteiger partial charge in [-0.25, -0.2) is 4.98 Å². The van der Waals surface area contributed by atoms with Gasteiger partial charge >= 0.3 is 0 Å². The van der Waals surface area contributed by atoms with Gasteiger partial charge in [0.05, 0.1) is 18.2 Å². The Morgan fingerprint density at radius 2 is 2.04 bits per heavy atom. The summed E-state index contributed by atoms with van der Waals surface area (Å²) < 4.78 is 5.76. The number of aromatic nitrogens is 1. The molecule has 1 heterocycles. The summed E-state index contributed by atoms with van der Waals surface area (Å²) in [7, 11) is 0. The fourth-order valence-electron chi connectivity index (χ4n) is 3.39. The summed E-state index contributed by atoms with van der Waals surface area (Å²) in [6, 6.07) is 16.4. The molecule has 1 N–H and O–H groups in total. The number of fused-ring (bicyclic) bond motifs is 1. The van der Waals surface area contributed by atoms with Crippen LogP contribution in [-0.4, -0.2) is 10.9 Å². The topological polar surface area (TPSA) is 51.2 Å². The van der Waals surface area contributed by atoms with E-state index in [2.05, 4.69) is 28.5 Å². The molecule has 4 nitrogen and oxygen atoms in total. The predicted octanol–water partition coefficient (Wildman–Crippen LogP) is 4.38. The molecule has 1 aliphatic carbocycles. The Balaban J connectivity index is 1.30. The number of aryl methyl sites for hydroxylation is 2.